The van der Waals surface area contributed by atoms with Crippen LogP contribution in [0.5, 0.6) is 0 Å². The Hall–Kier alpha value is -0.370. The molecule has 2 fully saturated rings. The van der Waals surface area contributed by atoms with Gasteiger partial charge in [0.2, 0.25) is 0 Å². The van der Waals surface area contributed by atoms with Gasteiger partial charge in [-0.05, 0) is 38.8 Å². The Labute approximate surface area is 93.0 Å². The monoisotopic (exact) mass is 209 g/mol. The summed E-state index contributed by atoms with van der Waals surface area (Å²) in [6, 6.07) is 0. The summed E-state index contributed by atoms with van der Waals surface area (Å²) in [7, 11) is 0. The average Bonchev–Trinajstić information content (AvgIpc) is 2.87. The first-order valence-electron chi connectivity index (χ1n) is 6.46. The summed E-state index contributed by atoms with van der Waals surface area (Å²) in [5, 5.41) is 0. The van der Waals surface area contributed by atoms with Crippen LogP contribution in [0.4, 0.5) is 0 Å². The maximum absolute atomic E-state index is 12.4. The first kappa shape index (κ1) is 11.1. The van der Waals surface area contributed by atoms with E-state index >= 15 is 0 Å². The van der Waals surface area contributed by atoms with Crippen LogP contribution in [0.3, 0.4) is 0 Å². The van der Waals surface area contributed by atoms with Crippen molar-refractivity contribution in [1.82, 2.24) is 4.90 Å². The predicted molar refractivity (Wildman–Crippen MR) is 61.9 cm³/mol. The first-order chi connectivity index (χ1) is 7.17. The molecule has 2 aliphatic rings. The minimum atomic E-state index is -0.0509. The molecule has 0 spiro atoms. The molecular weight excluding hydrogens is 186 g/mol. The van der Waals surface area contributed by atoms with Crippen LogP contribution in [0.2, 0.25) is 0 Å². The normalized spacial score (nSPS) is 26.3. The molecule has 0 radical (unpaired) electrons. The van der Waals surface area contributed by atoms with E-state index in [0.29, 0.717) is 5.78 Å². The summed E-state index contributed by atoms with van der Waals surface area (Å²) in [4.78, 5) is 14.9. The number of hydrogen-bond donors (Lipinski definition) is 0. The van der Waals surface area contributed by atoms with Crippen molar-refractivity contribution in [3.63, 3.8) is 0 Å². The molecule has 1 heterocycles. The van der Waals surface area contributed by atoms with Crippen LogP contribution in [-0.4, -0.2) is 29.3 Å². The van der Waals surface area contributed by atoms with Crippen molar-refractivity contribution in [2.75, 3.05) is 13.1 Å². The maximum Gasteiger partial charge on any atom is 0.155 e. The van der Waals surface area contributed by atoms with Gasteiger partial charge in [-0.15, -0.1) is 0 Å². The van der Waals surface area contributed by atoms with Gasteiger partial charge in [-0.1, -0.05) is 26.7 Å². The van der Waals surface area contributed by atoms with Crippen LogP contribution in [0.15, 0.2) is 0 Å². The molecule has 1 aliphatic carbocycles. The van der Waals surface area contributed by atoms with Gasteiger partial charge in [0, 0.05) is 5.92 Å². The zero-order valence-electron chi connectivity index (χ0n) is 10.1. The summed E-state index contributed by atoms with van der Waals surface area (Å²) in [5.41, 5.74) is -0.0509. The van der Waals surface area contributed by atoms with Crippen LogP contribution in [0.25, 0.3) is 0 Å². The molecule has 0 atom stereocenters. The Morgan fingerprint density at radius 2 is 1.60 bits per heavy atom. The van der Waals surface area contributed by atoms with E-state index < -0.39 is 0 Å². The minimum Gasteiger partial charge on any atom is -0.297 e. The highest BCUT2D eigenvalue weighted by atomic mass is 16.1. The number of carbonyl (C=O) groups excluding carboxylic acids is 1. The molecule has 1 saturated carbocycles. The van der Waals surface area contributed by atoms with E-state index in [9.17, 15) is 4.79 Å². The largest absolute Gasteiger partial charge is 0.297 e. The average molecular weight is 209 g/mol. The van der Waals surface area contributed by atoms with E-state index in [1.54, 1.807) is 0 Å². The van der Waals surface area contributed by atoms with Gasteiger partial charge in [-0.25, -0.2) is 0 Å². The fraction of sp³-hybridized carbons (Fsp3) is 0.923. The van der Waals surface area contributed by atoms with Gasteiger partial charge < -0.3 is 0 Å². The van der Waals surface area contributed by atoms with Gasteiger partial charge in [0.1, 0.15) is 0 Å². The Bertz CT molecular complexity index is 235. The third-order valence-electron chi connectivity index (χ3n) is 4.13. The Balaban J connectivity index is 2.19. The summed E-state index contributed by atoms with van der Waals surface area (Å²) >= 11 is 0. The van der Waals surface area contributed by atoms with Crippen molar-refractivity contribution < 1.29 is 4.79 Å². The highest BCUT2D eigenvalue weighted by Gasteiger charge is 2.46. The first-order valence-corrected chi connectivity index (χ1v) is 6.46. The second-order valence-corrected chi connectivity index (χ2v) is 5.45. The van der Waals surface area contributed by atoms with Crippen LogP contribution < -0.4 is 0 Å². The number of hydrogen-bond acceptors (Lipinski definition) is 2. The zero-order valence-corrected chi connectivity index (χ0v) is 10.1. The number of Topliss-reactive ketones (excluding diaryl/α,β-unsaturated/α-hetero) is 1. The molecule has 0 aromatic rings. The lowest BCUT2D eigenvalue weighted by atomic mass is 9.84. The molecule has 1 saturated heterocycles. The Morgan fingerprint density at radius 1 is 1.07 bits per heavy atom. The van der Waals surface area contributed by atoms with Crippen molar-refractivity contribution in [1.29, 1.82) is 0 Å². The molecule has 2 nitrogen and oxygen atoms in total. The molecule has 0 aromatic heterocycles. The number of carbonyl (C=O) groups is 1. The molecule has 0 bridgehead atoms. The van der Waals surface area contributed by atoms with E-state index in [4.69, 9.17) is 0 Å². The number of ketones is 1. The van der Waals surface area contributed by atoms with Gasteiger partial charge in [-0.3, -0.25) is 9.69 Å². The van der Waals surface area contributed by atoms with Crippen molar-refractivity contribution in [2.45, 2.75) is 57.9 Å². The highest BCUT2D eigenvalue weighted by molar-refractivity contribution is 5.90. The number of likely N-dealkylation sites (tertiary alicyclic amines) is 1. The summed E-state index contributed by atoms with van der Waals surface area (Å²) < 4.78 is 0. The Morgan fingerprint density at radius 3 is 2.07 bits per heavy atom. The van der Waals surface area contributed by atoms with E-state index in [1.807, 2.05) is 0 Å². The lowest BCUT2D eigenvalue weighted by molar-refractivity contribution is -0.133. The molecule has 0 aromatic carbocycles. The molecule has 0 unspecified atom stereocenters. The summed E-state index contributed by atoms with van der Waals surface area (Å²) in [6.45, 7) is 6.41. The van der Waals surface area contributed by atoms with Crippen molar-refractivity contribution in [3.05, 3.63) is 0 Å². The second kappa shape index (κ2) is 4.25. The standard InChI is InChI=1S/C13H23NO/c1-11(2)12(15)13(7-3-4-8-13)14-9-5-6-10-14/h11H,3-10H2,1-2H3. The van der Waals surface area contributed by atoms with Crippen LogP contribution in [0.1, 0.15) is 52.4 Å². The Kier molecular flexibility index (Phi) is 3.15. The van der Waals surface area contributed by atoms with Gasteiger partial charge in [-0.2, -0.15) is 0 Å². The topological polar surface area (TPSA) is 20.3 Å². The van der Waals surface area contributed by atoms with Gasteiger partial charge in [0.25, 0.3) is 0 Å². The molecule has 2 rings (SSSR count). The molecule has 0 amide bonds. The van der Waals surface area contributed by atoms with Gasteiger partial charge in [0.15, 0.2) is 5.78 Å². The molecule has 15 heavy (non-hydrogen) atoms. The lowest BCUT2D eigenvalue weighted by Crippen LogP contribution is -2.53. The minimum absolute atomic E-state index is 0.0509. The van der Waals surface area contributed by atoms with Gasteiger partial charge >= 0.3 is 0 Å². The van der Waals surface area contributed by atoms with Crippen LogP contribution in [-0.2, 0) is 4.79 Å². The van der Waals surface area contributed by atoms with Gasteiger partial charge in [0.05, 0.1) is 5.54 Å². The third-order valence-corrected chi connectivity index (χ3v) is 4.13. The SMILES string of the molecule is CC(C)C(=O)C1(N2CCCC2)CCCC1. The van der Waals surface area contributed by atoms with Crippen molar-refractivity contribution in [3.8, 4) is 0 Å². The van der Waals surface area contributed by atoms with E-state index in [0.717, 1.165) is 25.9 Å². The smallest absolute Gasteiger partial charge is 0.155 e. The van der Waals surface area contributed by atoms with Crippen LogP contribution in [0, 0.1) is 5.92 Å². The lowest BCUT2D eigenvalue weighted by Gasteiger charge is -2.38. The third kappa shape index (κ3) is 1.84. The highest BCUT2D eigenvalue weighted by Crippen LogP contribution is 2.39. The molecular formula is C13H23NO. The van der Waals surface area contributed by atoms with Crippen molar-refractivity contribution >= 4 is 5.78 Å². The molecule has 0 N–H and O–H groups in total. The molecule has 86 valence electrons. The molecule has 2 heteroatoms. The van der Waals surface area contributed by atoms with Crippen LogP contribution >= 0.6 is 0 Å². The van der Waals surface area contributed by atoms with Crippen molar-refractivity contribution in [2.24, 2.45) is 5.92 Å². The van der Waals surface area contributed by atoms with E-state index in [-0.39, 0.29) is 11.5 Å². The summed E-state index contributed by atoms with van der Waals surface area (Å²) in [5.74, 6) is 0.700. The summed E-state index contributed by atoms with van der Waals surface area (Å²) in [6.07, 6.45) is 7.29. The fourth-order valence-corrected chi connectivity index (χ4v) is 3.36. The fourth-order valence-electron chi connectivity index (χ4n) is 3.36. The second-order valence-electron chi connectivity index (χ2n) is 5.45. The van der Waals surface area contributed by atoms with E-state index in [1.165, 1.54) is 25.7 Å². The quantitative estimate of drug-likeness (QED) is 0.712. The maximum atomic E-state index is 12.4. The number of rotatable bonds is 3. The predicted octanol–water partition coefficient (Wildman–Crippen LogP) is 2.62. The number of nitrogens with zero attached hydrogens (tertiary/aromatic N) is 1. The zero-order chi connectivity index (χ0) is 10.9. The molecule has 1 aliphatic heterocycles. The van der Waals surface area contributed by atoms with E-state index in [2.05, 4.69) is 18.7 Å².